The fraction of sp³-hybridized carbons (Fsp3) is 0.636. The van der Waals surface area contributed by atoms with Gasteiger partial charge in [-0.1, -0.05) is 18.5 Å². The van der Waals surface area contributed by atoms with Gasteiger partial charge < -0.3 is 10.3 Å². The van der Waals surface area contributed by atoms with Crippen LogP contribution in [-0.2, 0) is 6.42 Å². The van der Waals surface area contributed by atoms with E-state index in [2.05, 4.69) is 9.97 Å². The van der Waals surface area contributed by atoms with Gasteiger partial charge in [0.2, 0.25) is 5.95 Å². The molecule has 13 heteroatoms. The molecule has 1 aromatic heterocycles. The first kappa shape index (κ1) is 20.6. The van der Waals surface area contributed by atoms with E-state index < -0.39 is 40.5 Å². The Hall–Kier alpha value is -1.43. The summed E-state index contributed by atoms with van der Waals surface area (Å²) in [4.78, 5) is 6.24. The second-order valence-electron chi connectivity index (χ2n) is 4.57. The van der Waals surface area contributed by atoms with E-state index >= 15 is 0 Å². The van der Waals surface area contributed by atoms with Crippen LogP contribution in [0.25, 0.3) is 0 Å². The number of rotatable bonds is 6. The van der Waals surface area contributed by atoms with Crippen LogP contribution in [0.3, 0.4) is 0 Å². The van der Waals surface area contributed by atoms with Gasteiger partial charge in [0.15, 0.2) is 0 Å². The summed E-state index contributed by atoms with van der Waals surface area (Å²) in [7, 11) is 0. The van der Waals surface area contributed by atoms with E-state index in [0.29, 0.717) is 0 Å². The van der Waals surface area contributed by atoms with Gasteiger partial charge in [-0.3, -0.25) is 0 Å². The summed E-state index contributed by atoms with van der Waals surface area (Å²) in [6.45, 7) is 2.78. The maximum atomic E-state index is 13.5. The lowest BCUT2D eigenvalue weighted by Crippen LogP contribution is -2.63. The van der Waals surface area contributed by atoms with Crippen LogP contribution in [0.4, 0.5) is 41.1 Å². The second-order valence-corrected chi connectivity index (χ2v) is 4.93. The third-order valence-corrected chi connectivity index (χ3v) is 3.39. The first-order valence-electron chi connectivity index (χ1n) is 6.13. The molecule has 24 heavy (non-hydrogen) atoms. The lowest BCUT2D eigenvalue weighted by atomic mass is 10.1. The number of hydrogen-bond acceptors (Lipinski definition) is 4. The van der Waals surface area contributed by atoms with Crippen LogP contribution >= 0.6 is 11.6 Å². The van der Waals surface area contributed by atoms with Gasteiger partial charge in [-0.15, -0.1) is 0 Å². The van der Waals surface area contributed by atoms with Crippen LogP contribution in [0.15, 0.2) is 0 Å². The molecular weight excluding hydrogens is 378 g/mol. The van der Waals surface area contributed by atoms with E-state index in [-0.39, 0.29) is 17.7 Å². The van der Waals surface area contributed by atoms with Crippen molar-refractivity contribution in [3.05, 3.63) is 21.6 Å². The van der Waals surface area contributed by atoms with Crippen molar-refractivity contribution >= 4 is 17.5 Å². The number of nitrogens with zero attached hydrogens (tertiary/aromatic N) is 3. The molecule has 4 nitrogen and oxygen atoms in total. The van der Waals surface area contributed by atoms with Gasteiger partial charge in [0.05, 0.1) is 5.69 Å². The minimum Gasteiger partial charge on any atom is -0.752 e. The SMILES string of the molecule is CCc1nc(N([O-])C(F)(F)C(F)(F)C(F)(F)C(F)F)nc(Cl)c1C. The lowest BCUT2D eigenvalue weighted by Gasteiger charge is -2.42. The van der Waals surface area contributed by atoms with Crippen LogP contribution in [0, 0.1) is 12.1 Å². The van der Waals surface area contributed by atoms with Gasteiger partial charge >= 0.3 is 24.3 Å². The molecule has 0 aromatic carbocycles. The van der Waals surface area contributed by atoms with Crippen molar-refractivity contribution in [3.63, 3.8) is 0 Å². The van der Waals surface area contributed by atoms with E-state index in [4.69, 9.17) is 11.6 Å². The minimum atomic E-state index is -6.71. The fourth-order valence-electron chi connectivity index (χ4n) is 1.55. The number of aryl methyl sites for hydroxylation is 1. The molecule has 1 heterocycles. The van der Waals surface area contributed by atoms with Crippen LogP contribution in [0.5, 0.6) is 0 Å². The Labute approximate surface area is 135 Å². The Bertz CT molecular complexity index is 613. The Morgan fingerprint density at radius 3 is 2.04 bits per heavy atom. The standard InChI is InChI=1S/C11H9ClF8N3O/c1-3-5-4(2)6(12)22-8(21-5)23(24)11(19,20)10(17,18)9(15,16)7(13)14/h7H,3H2,1-2H3/q-1. The summed E-state index contributed by atoms with van der Waals surface area (Å²) in [6, 6.07) is -6.27. The first-order valence-corrected chi connectivity index (χ1v) is 6.51. The number of alkyl halides is 8. The quantitative estimate of drug-likeness (QED) is 0.314. The predicted molar refractivity (Wildman–Crippen MR) is 67.8 cm³/mol. The van der Waals surface area contributed by atoms with Crippen LogP contribution in [0.1, 0.15) is 18.2 Å². The van der Waals surface area contributed by atoms with E-state index in [0.717, 1.165) is 0 Å². The average molecular weight is 387 g/mol. The zero-order chi connectivity index (χ0) is 19.1. The molecule has 0 N–H and O–H groups in total. The maximum Gasteiger partial charge on any atom is 0.397 e. The van der Waals surface area contributed by atoms with Gasteiger partial charge in [0, 0.05) is 5.56 Å². The molecule has 0 saturated carbocycles. The average Bonchev–Trinajstić information content (AvgIpc) is 2.48. The topological polar surface area (TPSA) is 52.1 Å². The van der Waals surface area contributed by atoms with Crippen molar-refractivity contribution in [3.8, 4) is 0 Å². The first-order chi connectivity index (χ1) is 10.7. The zero-order valence-corrected chi connectivity index (χ0v) is 12.7. The van der Waals surface area contributed by atoms with Gasteiger partial charge in [0.1, 0.15) is 5.15 Å². The minimum absolute atomic E-state index is 0.0179. The molecule has 0 bridgehead atoms. The summed E-state index contributed by atoms with van der Waals surface area (Å²) in [5.41, 5.74) is 0.0508. The molecule has 0 unspecified atom stereocenters. The molecule has 138 valence electrons. The molecule has 0 atom stereocenters. The Morgan fingerprint density at radius 1 is 1.12 bits per heavy atom. The number of halogens is 9. The number of anilines is 1. The van der Waals surface area contributed by atoms with Crippen LogP contribution in [0.2, 0.25) is 5.15 Å². The van der Waals surface area contributed by atoms with Crippen molar-refractivity contribution in [2.45, 2.75) is 44.6 Å². The molecule has 0 aliphatic rings. The second kappa shape index (κ2) is 6.47. The highest BCUT2D eigenvalue weighted by Crippen LogP contribution is 2.50. The van der Waals surface area contributed by atoms with Gasteiger partial charge in [0.25, 0.3) is 0 Å². The number of hydrogen-bond donors (Lipinski definition) is 0. The van der Waals surface area contributed by atoms with Crippen molar-refractivity contribution in [1.29, 1.82) is 0 Å². The smallest absolute Gasteiger partial charge is 0.397 e. The Kier molecular flexibility index (Phi) is 5.55. The molecule has 0 radical (unpaired) electrons. The molecule has 0 spiro atoms. The molecule has 0 aliphatic carbocycles. The summed E-state index contributed by atoms with van der Waals surface area (Å²) < 4.78 is 103. The highest BCUT2D eigenvalue weighted by atomic mass is 35.5. The largest absolute Gasteiger partial charge is 0.752 e. The molecule has 1 rings (SSSR count). The van der Waals surface area contributed by atoms with Gasteiger partial charge in [-0.25, -0.2) is 18.7 Å². The van der Waals surface area contributed by atoms with E-state index in [1.807, 2.05) is 0 Å². The summed E-state index contributed by atoms with van der Waals surface area (Å²) in [6.07, 6.45) is -5.12. The van der Waals surface area contributed by atoms with Gasteiger partial charge in [-0.05, 0) is 13.3 Å². The maximum absolute atomic E-state index is 13.5. The molecule has 0 amide bonds. The van der Waals surface area contributed by atoms with Gasteiger partial charge in [-0.2, -0.15) is 26.3 Å². The van der Waals surface area contributed by atoms with Crippen LogP contribution < -0.4 is 5.06 Å². The lowest BCUT2D eigenvalue weighted by molar-refractivity contribution is -0.336. The van der Waals surface area contributed by atoms with Crippen molar-refractivity contribution < 1.29 is 35.1 Å². The Morgan fingerprint density at radius 2 is 1.62 bits per heavy atom. The van der Waals surface area contributed by atoms with E-state index in [9.17, 15) is 40.3 Å². The summed E-state index contributed by atoms with van der Waals surface area (Å²) in [5.74, 6) is -14.8. The van der Waals surface area contributed by atoms with Crippen molar-refractivity contribution in [2.75, 3.05) is 5.06 Å². The van der Waals surface area contributed by atoms with E-state index in [1.54, 1.807) is 0 Å². The van der Waals surface area contributed by atoms with Crippen LogP contribution in [-0.4, -0.2) is 34.3 Å². The van der Waals surface area contributed by atoms with E-state index in [1.165, 1.54) is 13.8 Å². The number of hydroxylamine groups is 1. The molecule has 0 fully saturated rings. The number of aromatic nitrogens is 2. The van der Waals surface area contributed by atoms with Crippen molar-refractivity contribution in [1.82, 2.24) is 9.97 Å². The molecule has 1 aromatic rings. The molecular formula is C11H9ClF8N3O-. The molecule has 0 saturated heterocycles. The highest BCUT2D eigenvalue weighted by molar-refractivity contribution is 6.30. The third kappa shape index (κ3) is 3.08. The van der Waals surface area contributed by atoms with Crippen molar-refractivity contribution in [2.24, 2.45) is 0 Å². The third-order valence-electron chi connectivity index (χ3n) is 3.02. The summed E-state index contributed by atoms with van der Waals surface area (Å²) >= 11 is 5.53. The normalized spacial score (nSPS) is 13.5. The zero-order valence-electron chi connectivity index (χ0n) is 11.9. The highest BCUT2D eigenvalue weighted by Gasteiger charge is 2.76. The monoisotopic (exact) mass is 386 g/mol. The Balaban J connectivity index is 3.40. The summed E-state index contributed by atoms with van der Waals surface area (Å²) in [5, 5.41) is 8.93. The predicted octanol–water partition coefficient (Wildman–Crippen LogP) is 4.43. The molecule has 0 aliphatic heterocycles. The fourth-order valence-corrected chi connectivity index (χ4v) is 1.73.